The second-order valence-corrected chi connectivity index (χ2v) is 10.4. The second kappa shape index (κ2) is 11.8. The van der Waals surface area contributed by atoms with Crippen LogP contribution >= 0.6 is 0 Å². The fourth-order valence-corrected chi connectivity index (χ4v) is 4.48. The van der Waals surface area contributed by atoms with Gasteiger partial charge in [0.2, 0.25) is 0 Å². The molecule has 0 spiro atoms. The van der Waals surface area contributed by atoms with Crippen LogP contribution in [0.4, 0.5) is 10.6 Å². The minimum atomic E-state index is -3.01. The van der Waals surface area contributed by atoms with Gasteiger partial charge in [-0.1, -0.05) is 12.1 Å². The van der Waals surface area contributed by atoms with E-state index in [4.69, 9.17) is 14.2 Å². The van der Waals surface area contributed by atoms with Crippen molar-refractivity contribution >= 4 is 38.5 Å². The third-order valence-corrected chi connectivity index (χ3v) is 6.53. The number of nitrogens with one attached hydrogen (secondary N) is 1. The minimum Gasteiger partial charge on any atom is -0.488 e. The summed E-state index contributed by atoms with van der Waals surface area (Å²) in [5.74, 6) is 0.351. The highest BCUT2D eigenvalue weighted by Crippen LogP contribution is 2.30. The number of rotatable bonds is 9. The summed E-state index contributed by atoms with van der Waals surface area (Å²) in [6, 6.07) is 10.2. The lowest BCUT2D eigenvalue weighted by atomic mass is 10.1. The number of carbonyl (C=O) groups is 2. The van der Waals surface area contributed by atoms with Crippen LogP contribution in [0.15, 0.2) is 52.0 Å². The van der Waals surface area contributed by atoms with E-state index in [1.54, 1.807) is 50.2 Å². The predicted octanol–water partition coefficient (Wildman–Crippen LogP) is 4.82. The highest BCUT2D eigenvalue weighted by atomic mass is 32.2. The first-order valence-electron chi connectivity index (χ1n) is 11.5. The van der Waals surface area contributed by atoms with Crippen LogP contribution in [0.25, 0.3) is 10.9 Å². The molecule has 10 nitrogen and oxygen atoms in total. The number of esters is 1. The van der Waals surface area contributed by atoms with Crippen LogP contribution in [-0.4, -0.2) is 51.8 Å². The monoisotopic (exact) mass is 514 g/mol. The Balaban J connectivity index is 1.95. The Kier molecular flexibility index (Phi) is 8.81. The van der Waals surface area contributed by atoms with Gasteiger partial charge in [0.15, 0.2) is 0 Å². The van der Waals surface area contributed by atoms with E-state index < -0.39 is 21.8 Å². The second-order valence-electron chi connectivity index (χ2n) is 8.14. The maximum Gasteiger partial charge on any atom is 0.442 e. The van der Waals surface area contributed by atoms with Crippen molar-refractivity contribution in [3.63, 3.8) is 0 Å². The number of hydrogen-bond acceptors (Lipinski definition) is 9. The zero-order valence-corrected chi connectivity index (χ0v) is 21.8. The Hall–Kier alpha value is -3.73. The van der Waals surface area contributed by atoms with E-state index in [-0.39, 0.29) is 37.2 Å². The molecular weight excluding hydrogens is 484 g/mol. The van der Waals surface area contributed by atoms with E-state index in [2.05, 4.69) is 19.6 Å². The number of fused-ring (bicyclic) bond motifs is 1. The number of carbonyl (C=O) groups excluding carboxylic acids is 2. The lowest BCUT2D eigenvalue weighted by Gasteiger charge is -2.15. The van der Waals surface area contributed by atoms with E-state index in [0.29, 0.717) is 27.2 Å². The number of ether oxygens (including phenoxy) is 3. The smallest absolute Gasteiger partial charge is 0.442 e. The van der Waals surface area contributed by atoms with Crippen molar-refractivity contribution in [2.45, 2.75) is 45.2 Å². The average molecular weight is 515 g/mol. The van der Waals surface area contributed by atoms with Crippen LogP contribution in [0.2, 0.25) is 0 Å². The van der Waals surface area contributed by atoms with Crippen molar-refractivity contribution < 1.29 is 28.0 Å². The van der Waals surface area contributed by atoms with Crippen LogP contribution < -0.4 is 10.1 Å². The Bertz CT molecular complexity index is 1380. The fraction of sp³-hybridized carbons (Fsp3) is 0.360. The molecule has 3 aromatic rings. The Morgan fingerprint density at radius 1 is 1.08 bits per heavy atom. The first-order valence-corrected chi connectivity index (χ1v) is 13.4. The molecular formula is C25H30N4O6S. The van der Waals surface area contributed by atoms with Crippen LogP contribution in [0.1, 0.15) is 43.6 Å². The predicted molar refractivity (Wildman–Crippen MR) is 137 cm³/mol. The SMILES string of the molecule is CCOC(=O)N=S(C)(=O)c1cccc(COc2cc3ncnc(NC(C)C)c3cc2C(=O)OCC)c1. The van der Waals surface area contributed by atoms with Gasteiger partial charge in [0.05, 0.1) is 28.5 Å². The van der Waals surface area contributed by atoms with Gasteiger partial charge < -0.3 is 19.5 Å². The quantitative estimate of drug-likeness (QED) is 0.400. The van der Waals surface area contributed by atoms with E-state index >= 15 is 0 Å². The average Bonchev–Trinajstić information content (AvgIpc) is 2.82. The van der Waals surface area contributed by atoms with Gasteiger partial charge in [0, 0.05) is 28.6 Å². The van der Waals surface area contributed by atoms with Gasteiger partial charge >= 0.3 is 12.1 Å². The molecule has 1 heterocycles. The van der Waals surface area contributed by atoms with Crippen molar-refractivity contribution in [1.82, 2.24) is 9.97 Å². The molecule has 0 fully saturated rings. The topological polar surface area (TPSA) is 129 Å². The zero-order chi connectivity index (χ0) is 26.3. The summed E-state index contributed by atoms with van der Waals surface area (Å²) in [6.45, 7) is 7.75. The molecule has 0 aliphatic heterocycles. The van der Waals surface area contributed by atoms with E-state index in [1.165, 1.54) is 12.6 Å². The van der Waals surface area contributed by atoms with E-state index in [9.17, 15) is 13.8 Å². The molecule has 1 unspecified atom stereocenters. The van der Waals surface area contributed by atoms with E-state index in [1.807, 2.05) is 13.8 Å². The summed E-state index contributed by atoms with van der Waals surface area (Å²) < 4.78 is 32.7. The zero-order valence-electron chi connectivity index (χ0n) is 20.9. The maximum absolute atomic E-state index is 13.0. The molecule has 1 aromatic heterocycles. The number of hydrogen-bond donors (Lipinski definition) is 1. The lowest BCUT2D eigenvalue weighted by Crippen LogP contribution is -2.13. The Morgan fingerprint density at radius 2 is 1.83 bits per heavy atom. The van der Waals surface area contributed by atoms with Crippen molar-refractivity contribution in [2.75, 3.05) is 24.8 Å². The number of anilines is 1. The summed E-state index contributed by atoms with van der Waals surface area (Å²) in [6.07, 6.45) is 1.93. The molecule has 1 amide bonds. The van der Waals surface area contributed by atoms with E-state index in [0.717, 1.165) is 0 Å². The van der Waals surface area contributed by atoms with Gasteiger partial charge in [-0.25, -0.2) is 23.8 Å². The summed E-state index contributed by atoms with van der Waals surface area (Å²) in [5, 5.41) is 3.91. The van der Waals surface area contributed by atoms with Crippen molar-refractivity contribution in [1.29, 1.82) is 0 Å². The molecule has 36 heavy (non-hydrogen) atoms. The van der Waals surface area contributed by atoms with Crippen LogP contribution in [0, 0.1) is 0 Å². The number of nitrogens with zero attached hydrogens (tertiary/aromatic N) is 3. The minimum absolute atomic E-state index is 0.0584. The molecule has 0 bridgehead atoms. The summed E-state index contributed by atoms with van der Waals surface area (Å²) in [4.78, 5) is 33.4. The molecule has 2 aromatic carbocycles. The summed E-state index contributed by atoms with van der Waals surface area (Å²) in [7, 11) is -3.01. The first kappa shape index (κ1) is 26.9. The molecule has 0 aliphatic carbocycles. The highest BCUT2D eigenvalue weighted by Gasteiger charge is 2.19. The molecule has 1 atom stereocenters. The largest absolute Gasteiger partial charge is 0.488 e. The van der Waals surface area contributed by atoms with Crippen LogP contribution in [0.5, 0.6) is 5.75 Å². The van der Waals surface area contributed by atoms with Gasteiger partial charge in [-0.15, -0.1) is 4.36 Å². The molecule has 0 aliphatic rings. The van der Waals surface area contributed by atoms with Crippen molar-refractivity contribution in [3.05, 3.63) is 53.9 Å². The molecule has 0 saturated heterocycles. The maximum atomic E-state index is 13.0. The molecule has 0 saturated carbocycles. The summed E-state index contributed by atoms with van der Waals surface area (Å²) >= 11 is 0. The normalized spacial score (nSPS) is 12.6. The third-order valence-electron chi connectivity index (χ3n) is 4.90. The standard InChI is InChI=1S/C25H30N4O6S/c1-6-33-24(30)20-12-19-21(26-15-27-23(19)28-16(3)4)13-22(20)35-14-17-9-8-10-18(11-17)36(5,32)29-25(31)34-7-2/h8-13,15-16H,6-7,14H2,1-5H3,(H,26,27,28). The number of amides is 1. The molecule has 0 radical (unpaired) electrons. The van der Waals surface area contributed by atoms with Gasteiger partial charge in [-0.2, -0.15) is 0 Å². The lowest BCUT2D eigenvalue weighted by molar-refractivity contribution is 0.0521. The van der Waals surface area contributed by atoms with Crippen molar-refractivity contribution in [3.8, 4) is 5.75 Å². The van der Waals surface area contributed by atoms with Crippen LogP contribution in [0.3, 0.4) is 0 Å². The summed E-state index contributed by atoms with van der Waals surface area (Å²) in [5.41, 5.74) is 1.49. The number of benzene rings is 2. The molecule has 1 N–H and O–H groups in total. The fourth-order valence-electron chi connectivity index (χ4n) is 3.34. The highest BCUT2D eigenvalue weighted by molar-refractivity contribution is 7.93. The van der Waals surface area contributed by atoms with Gasteiger partial charge in [0.25, 0.3) is 0 Å². The molecule has 192 valence electrons. The van der Waals surface area contributed by atoms with Crippen LogP contribution in [-0.2, 0) is 25.8 Å². The Labute approximate surface area is 210 Å². The Morgan fingerprint density at radius 3 is 2.53 bits per heavy atom. The first-order chi connectivity index (χ1) is 17.1. The molecule has 11 heteroatoms. The number of aromatic nitrogens is 2. The third kappa shape index (κ3) is 6.69. The van der Waals surface area contributed by atoms with Gasteiger partial charge in [0.1, 0.15) is 30.1 Å². The molecule has 3 rings (SSSR count). The van der Waals surface area contributed by atoms with Gasteiger partial charge in [-0.3, -0.25) is 0 Å². The van der Waals surface area contributed by atoms with Gasteiger partial charge in [-0.05, 0) is 51.5 Å². The van der Waals surface area contributed by atoms with Crippen molar-refractivity contribution in [2.24, 2.45) is 4.36 Å².